The number of carbonyl (C=O) groups is 2. The van der Waals surface area contributed by atoms with Crippen molar-refractivity contribution in [3.05, 3.63) is 41.5 Å². The number of ketones is 1. The molecule has 1 saturated carbocycles. The van der Waals surface area contributed by atoms with Crippen LogP contribution in [0.25, 0.3) is 0 Å². The molecule has 1 aromatic carbocycles. The number of methoxy groups -OCH3 is 1. The summed E-state index contributed by atoms with van der Waals surface area (Å²) in [5, 5.41) is 0. The molecule has 112 valence electrons. The second kappa shape index (κ2) is 6.12. The van der Waals surface area contributed by atoms with Crippen molar-refractivity contribution in [2.45, 2.75) is 26.7 Å². The molecule has 0 aromatic heterocycles. The highest BCUT2D eigenvalue weighted by Gasteiger charge is 2.60. The number of carbonyl (C=O) groups excluding carboxylic acids is 2. The minimum absolute atomic E-state index is 0.137. The van der Waals surface area contributed by atoms with E-state index >= 15 is 0 Å². The van der Waals surface area contributed by atoms with E-state index in [9.17, 15) is 9.59 Å². The van der Waals surface area contributed by atoms with Crippen LogP contribution in [0.1, 0.15) is 25.8 Å². The van der Waals surface area contributed by atoms with E-state index in [2.05, 4.69) is 0 Å². The Morgan fingerprint density at radius 1 is 1.29 bits per heavy atom. The van der Waals surface area contributed by atoms with Crippen molar-refractivity contribution >= 4 is 11.8 Å². The molecule has 1 unspecified atom stereocenters. The van der Waals surface area contributed by atoms with Gasteiger partial charge in [-0.15, -0.1) is 0 Å². The summed E-state index contributed by atoms with van der Waals surface area (Å²) in [5.41, 5.74) is 0.962. The van der Waals surface area contributed by atoms with Crippen LogP contribution in [0.5, 0.6) is 5.75 Å². The van der Waals surface area contributed by atoms with Crippen molar-refractivity contribution < 1.29 is 19.1 Å². The summed E-state index contributed by atoms with van der Waals surface area (Å²) in [6.45, 7) is 3.49. The third kappa shape index (κ3) is 2.99. The number of benzene rings is 1. The Morgan fingerprint density at radius 2 is 1.95 bits per heavy atom. The zero-order chi connectivity index (χ0) is 15.5. The summed E-state index contributed by atoms with van der Waals surface area (Å²) < 4.78 is 10.1. The highest BCUT2D eigenvalue weighted by Crippen LogP contribution is 2.53. The lowest BCUT2D eigenvalue weighted by molar-refractivity contribution is -0.152. The molecule has 2 rings (SSSR count). The van der Waals surface area contributed by atoms with E-state index in [0.29, 0.717) is 19.4 Å². The number of allylic oxidation sites excluding steroid dienone is 1. The Labute approximate surface area is 124 Å². The van der Waals surface area contributed by atoms with Crippen LogP contribution < -0.4 is 4.74 Å². The second-order valence-corrected chi connectivity index (χ2v) is 5.14. The molecule has 1 fully saturated rings. The van der Waals surface area contributed by atoms with Crippen molar-refractivity contribution in [3.8, 4) is 5.75 Å². The SMILES string of the molecule is CCOC(=O)C1(C(C)=O)C/C1=C/Cc1ccc(OC)cc1. The molecule has 0 aliphatic heterocycles. The Hall–Kier alpha value is -2.10. The van der Waals surface area contributed by atoms with Gasteiger partial charge in [-0.3, -0.25) is 9.59 Å². The highest BCUT2D eigenvalue weighted by molar-refractivity contribution is 6.11. The Morgan fingerprint density at radius 3 is 2.48 bits per heavy atom. The molecule has 0 N–H and O–H groups in total. The van der Waals surface area contributed by atoms with Crippen LogP contribution in [-0.4, -0.2) is 25.5 Å². The summed E-state index contributed by atoms with van der Waals surface area (Å²) in [5.74, 6) is 0.253. The first-order valence-corrected chi connectivity index (χ1v) is 7.05. The predicted octanol–water partition coefficient (Wildman–Crippen LogP) is 2.71. The van der Waals surface area contributed by atoms with Crippen LogP contribution in [0.4, 0.5) is 0 Å². The molecule has 0 bridgehead atoms. The largest absolute Gasteiger partial charge is 0.497 e. The van der Waals surface area contributed by atoms with Crippen molar-refractivity contribution in [1.82, 2.24) is 0 Å². The number of hydrogen-bond donors (Lipinski definition) is 0. The van der Waals surface area contributed by atoms with Gasteiger partial charge in [-0.05, 0) is 50.0 Å². The van der Waals surface area contributed by atoms with Gasteiger partial charge in [-0.1, -0.05) is 18.2 Å². The van der Waals surface area contributed by atoms with Crippen LogP contribution in [0.15, 0.2) is 35.9 Å². The molecule has 0 spiro atoms. The average Bonchev–Trinajstić information content (AvgIpc) is 3.22. The summed E-state index contributed by atoms with van der Waals surface area (Å²) in [7, 11) is 1.63. The summed E-state index contributed by atoms with van der Waals surface area (Å²) in [6, 6.07) is 7.73. The van der Waals surface area contributed by atoms with Gasteiger partial charge in [0, 0.05) is 0 Å². The third-order valence-electron chi connectivity index (χ3n) is 3.85. The summed E-state index contributed by atoms with van der Waals surface area (Å²) >= 11 is 0. The van der Waals surface area contributed by atoms with E-state index in [-0.39, 0.29) is 5.78 Å². The normalized spacial score (nSPS) is 22.0. The Bertz CT molecular complexity index is 571. The van der Waals surface area contributed by atoms with E-state index < -0.39 is 11.4 Å². The minimum Gasteiger partial charge on any atom is -0.497 e. The smallest absolute Gasteiger partial charge is 0.324 e. The van der Waals surface area contributed by atoms with Crippen LogP contribution >= 0.6 is 0 Å². The second-order valence-electron chi connectivity index (χ2n) is 5.14. The van der Waals surface area contributed by atoms with Gasteiger partial charge in [0.15, 0.2) is 11.2 Å². The van der Waals surface area contributed by atoms with E-state index in [1.165, 1.54) is 6.92 Å². The van der Waals surface area contributed by atoms with Gasteiger partial charge >= 0.3 is 5.97 Å². The first-order chi connectivity index (χ1) is 10.0. The molecule has 1 atom stereocenters. The number of rotatable bonds is 6. The number of esters is 1. The average molecular weight is 288 g/mol. The van der Waals surface area contributed by atoms with Gasteiger partial charge in [0.05, 0.1) is 13.7 Å². The Kier molecular flexibility index (Phi) is 4.46. The summed E-state index contributed by atoms with van der Waals surface area (Å²) in [4.78, 5) is 23.8. The number of Topliss-reactive ketones (excluding diaryl/α,β-unsaturated/α-hetero) is 1. The molecule has 0 saturated heterocycles. The number of ether oxygens (including phenoxy) is 2. The van der Waals surface area contributed by atoms with Gasteiger partial charge in [0.25, 0.3) is 0 Å². The lowest BCUT2D eigenvalue weighted by atomic mass is 10.0. The minimum atomic E-state index is -1.01. The lowest BCUT2D eigenvalue weighted by Crippen LogP contribution is -2.26. The first kappa shape index (κ1) is 15.3. The molecule has 1 aliphatic carbocycles. The maximum Gasteiger partial charge on any atom is 0.324 e. The fourth-order valence-electron chi connectivity index (χ4n) is 2.44. The molecule has 0 heterocycles. The van der Waals surface area contributed by atoms with Crippen LogP contribution in [0.3, 0.4) is 0 Å². The molecule has 4 heteroatoms. The molecule has 1 aromatic rings. The molecular formula is C17H20O4. The van der Waals surface area contributed by atoms with Crippen LogP contribution in [0.2, 0.25) is 0 Å². The van der Waals surface area contributed by atoms with Crippen molar-refractivity contribution in [2.75, 3.05) is 13.7 Å². The zero-order valence-corrected chi connectivity index (χ0v) is 12.6. The molecule has 0 amide bonds. The molecule has 21 heavy (non-hydrogen) atoms. The van der Waals surface area contributed by atoms with Crippen molar-refractivity contribution in [2.24, 2.45) is 5.41 Å². The van der Waals surface area contributed by atoms with E-state index in [0.717, 1.165) is 16.9 Å². The third-order valence-corrected chi connectivity index (χ3v) is 3.85. The van der Waals surface area contributed by atoms with Crippen molar-refractivity contribution in [3.63, 3.8) is 0 Å². The van der Waals surface area contributed by atoms with Crippen LogP contribution in [-0.2, 0) is 20.7 Å². The van der Waals surface area contributed by atoms with Gasteiger partial charge in [0.2, 0.25) is 0 Å². The number of hydrogen-bond acceptors (Lipinski definition) is 4. The van der Waals surface area contributed by atoms with E-state index in [1.54, 1.807) is 14.0 Å². The Balaban J connectivity index is 2.08. The standard InChI is InChI=1S/C17H20O4/c1-4-21-16(19)17(12(2)18)11-14(17)8-5-13-6-9-15(20-3)10-7-13/h6-10H,4-5,11H2,1-3H3/b14-8-. The van der Waals surface area contributed by atoms with Crippen molar-refractivity contribution in [1.29, 1.82) is 0 Å². The maximum absolute atomic E-state index is 12.0. The fraction of sp³-hybridized carbons (Fsp3) is 0.412. The highest BCUT2D eigenvalue weighted by atomic mass is 16.5. The zero-order valence-electron chi connectivity index (χ0n) is 12.6. The first-order valence-electron chi connectivity index (χ1n) is 7.05. The van der Waals surface area contributed by atoms with Gasteiger partial charge < -0.3 is 9.47 Å². The lowest BCUT2D eigenvalue weighted by Gasteiger charge is -2.09. The monoisotopic (exact) mass is 288 g/mol. The van der Waals surface area contributed by atoms with Gasteiger partial charge in [-0.2, -0.15) is 0 Å². The fourth-order valence-corrected chi connectivity index (χ4v) is 2.44. The predicted molar refractivity (Wildman–Crippen MR) is 79.1 cm³/mol. The van der Waals surface area contributed by atoms with Gasteiger partial charge in [0.1, 0.15) is 5.75 Å². The van der Waals surface area contributed by atoms with E-state index in [4.69, 9.17) is 9.47 Å². The summed E-state index contributed by atoms with van der Waals surface area (Å²) in [6.07, 6.45) is 3.13. The topological polar surface area (TPSA) is 52.6 Å². The van der Waals surface area contributed by atoms with E-state index in [1.807, 2.05) is 30.3 Å². The molecule has 1 aliphatic rings. The maximum atomic E-state index is 12.0. The molecular weight excluding hydrogens is 268 g/mol. The molecule has 4 nitrogen and oxygen atoms in total. The molecule has 0 radical (unpaired) electrons. The van der Waals surface area contributed by atoms with Gasteiger partial charge in [-0.25, -0.2) is 0 Å². The quantitative estimate of drug-likeness (QED) is 0.459. The van der Waals surface area contributed by atoms with Crippen LogP contribution in [0, 0.1) is 5.41 Å².